The number of halogens is 3. The Bertz CT molecular complexity index is 1370. The number of aromatic nitrogens is 2. The van der Waals surface area contributed by atoms with Gasteiger partial charge in [0, 0.05) is 18.8 Å². The van der Waals surface area contributed by atoms with Gasteiger partial charge in [-0.15, -0.1) is 5.10 Å². The minimum Gasteiger partial charge on any atom is -0.542 e. The molecule has 43 heavy (non-hydrogen) atoms. The summed E-state index contributed by atoms with van der Waals surface area (Å²) >= 11 is 1.10. The summed E-state index contributed by atoms with van der Waals surface area (Å²) in [5.41, 5.74) is -0.267. The minimum absolute atomic E-state index is 0.147. The topological polar surface area (TPSA) is 142 Å². The molecule has 3 fully saturated rings. The second-order valence-electron chi connectivity index (χ2n) is 10.6. The van der Waals surface area contributed by atoms with E-state index in [4.69, 9.17) is 14.6 Å². The molecule has 0 aliphatic carbocycles. The van der Waals surface area contributed by atoms with Crippen LogP contribution < -0.4 is 10.4 Å². The van der Waals surface area contributed by atoms with Crippen LogP contribution in [0.15, 0.2) is 60.7 Å². The molecule has 3 aliphatic rings. The highest BCUT2D eigenvalue weighted by Crippen LogP contribution is 2.38. The monoisotopic (exact) mass is 620 g/mol. The van der Waals surface area contributed by atoms with Gasteiger partial charge < -0.3 is 29.5 Å². The standard InChI is InChI=1S/C27H30N4O4S.C2HF3O2/c1-19-24(36-30-29-19)25(32)28-14-17-31-15-12-20(13-16-31)23(18-31)35-26(33)27(34,21-8-4-2-5-9-21)22-10-6-3-7-11-22;3-2(4,5)1(6)7/h2-11,20,23,34H,12-18H2,1H3;(H,6,7)/t20?,23-,31?;/m0./s1. The van der Waals surface area contributed by atoms with Crippen molar-refractivity contribution in [1.82, 2.24) is 14.9 Å². The van der Waals surface area contributed by atoms with Gasteiger partial charge in [-0.1, -0.05) is 65.2 Å². The number of hydrogen-bond acceptors (Lipinski definition) is 9. The Hall–Kier alpha value is -3.88. The molecule has 230 valence electrons. The molecule has 0 saturated carbocycles. The van der Waals surface area contributed by atoms with E-state index in [9.17, 15) is 27.9 Å². The number of carbonyl (C=O) groups excluding carboxylic acids is 3. The molecular weight excluding hydrogens is 589 g/mol. The first kappa shape index (κ1) is 32.0. The molecule has 0 radical (unpaired) electrons. The van der Waals surface area contributed by atoms with Gasteiger partial charge >= 0.3 is 12.1 Å². The van der Waals surface area contributed by atoms with Crippen LogP contribution in [0.1, 0.15) is 39.3 Å². The number of ether oxygens (including phenoxy) is 1. The average molecular weight is 621 g/mol. The number of nitrogens with one attached hydrogen (secondary N) is 1. The van der Waals surface area contributed by atoms with Crippen LogP contribution in [0.4, 0.5) is 13.2 Å². The highest BCUT2D eigenvalue weighted by atomic mass is 32.1. The summed E-state index contributed by atoms with van der Waals surface area (Å²) < 4.78 is 42.3. The number of quaternary nitrogens is 1. The van der Waals surface area contributed by atoms with Gasteiger partial charge in [-0.3, -0.25) is 4.79 Å². The molecule has 3 saturated heterocycles. The van der Waals surface area contributed by atoms with Crippen molar-refractivity contribution in [1.29, 1.82) is 0 Å². The van der Waals surface area contributed by atoms with Crippen LogP contribution in [0.2, 0.25) is 0 Å². The fourth-order valence-electron chi connectivity index (χ4n) is 5.58. The molecule has 2 bridgehead atoms. The van der Waals surface area contributed by atoms with E-state index in [2.05, 4.69) is 14.9 Å². The molecule has 0 unspecified atom stereocenters. The number of carbonyl (C=O) groups is 3. The van der Waals surface area contributed by atoms with Crippen molar-refractivity contribution in [2.75, 3.05) is 32.7 Å². The second kappa shape index (κ2) is 13.2. The number of carboxylic acids is 1. The van der Waals surface area contributed by atoms with E-state index in [-0.39, 0.29) is 17.9 Å². The fourth-order valence-corrected chi connectivity index (χ4v) is 6.15. The van der Waals surface area contributed by atoms with E-state index >= 15 is 0 Å². The van der Waals surface area contributed by atoms with Gasteiger partial charge in [0.1, 0.15) is 17.4 Å². The van der Waals surface area contributed by atoms with Crippen LogP contribution in [-0.2, 0) is 19.9 Å². The zero-order valence-electron chi connectivity index (χ0n) is 23.3. The molecule has 10 nitrogen and oxygen atoms in total. The molecular formula is C29H31F3N4O6S. The quantitative estimate of drug-likeness (QED) is 0.288. The van der Waals surface area contributed by atoms with Gasteiger partial charge in [0.05, 0.1) is 31.9 Å². The predicted octanol–water partition coefficient (Wildman–Crippen LogP) is 1.96. The number of hydrogen-bond donors (Lipinski definition) is 2. The number of aliphatic hydroxyl groups is 1. The lowest BCUT2D eigenvalue weighted by atomic mass is 9.82. The Morgan fingerprint density at radius 3 is 2.05 bits per heavy atom. The third-order valence-corrected chi connectivity index (χ3v) is 8.77. The highest BCUT2D eigenvalue weighted by molar-refractivity contribution is 7.08. The molecule has 4 heterocycles. The first-order valence-corrected chi connectivity index (χ1v) is 14.4. The summed E-state index contributed by atoms with van der Waals surface area (Å²) in [7, 11) is 0. The molecule has 2 N–H and O–H groups in total. The summed E-state index contributed by atoms with van der Waals surface area (Å²) in [4.78, 5) is 35.4. The zero-order chi connectivity index (χ0) is 31.3. The van der Waals surface area contributed by atoms with Gasteiger partial charge in [-0.2, -0.15) is 13.2 Å². The number of fused-ring (bicyclic) bond motifs is 3. The lowest BCUT2D eigenvalue weighted by Crippen LogP contribution is -2.66. The maximum atomic E-state index is 13.6. The maximum Gasteiger partial charge on any atom is 0.430 e. The number of aryl methyl sites for hydroxylation is 1. The number of nitrogens with zero attached hydrogens (tertiary/aromatic N) is 3. The van der Waals surface area contributed by atoms with Gasteiger partial charge in [0.25, 0.3) is 5.91 Å². The van der Waals surface area contributed by atoms with E-state index in [0.717, 1.165) is 48.5 Å². The average Bonchev–Trinajstić information content (AvgIpc) is 3.43. The van der Waals surface area contributed by atoms with E-state index in [1.807, 2.05) is 36.4 Å². The van der Waals surface area contributed by atoms with Crippen LogP contribution >= 0.6 is 11.5 Å². The summed E-state index contributed by atoms with van der Waals surface area (Å²) in [5, 5.41) is 27.5. The number of rotatable bonds is 8. The Morgan fingerprint density at radius 1 is 1.05 bits per heavy atom. The maximum absolute atomic E-state index is 13.6. The third kappa shape index (κ3) is 7.37. The van der Waals surface area contributed by atoms with Gasteiger partial charge in [0.15, 0.2) is 6.10 Å². The number of aliphatic carboxylic acids is 1. The van der Waals surface area contributed by atoms with E-state index in [1.54, 1.807) is 31.2 Å². The third-order valence-electron chi connectivity index (χ3n) is 7.94. The van der Waals surface area contributed by atoms with Crippen molar-refractivity contribution in [2.45, 2.75) is 37.6 Å². The number of alkyl halides is 3. The number of amides is 1. The number of carboxylic acid groups (broad SMARTS) is 1. The number of benzene rings is 2. The molecule has 2 aromatic carbocycles. The smallest absolute Gasteiger partial charge is 0.430 e. The van der Waals surface area contributed by atoms with Crippen LogP contribution in [0.3, 0.4) is 0 Å². The van der Waals surface area contributed by atoms with Crippen molar-refractivity contribution < 1.29 is 47.0 Å². The van der Waals surface area contributed by atoms with E-state index in [0.29, 0.717) is 34.8 Å². The lowest BCUT2D eigenvalue weighted by Gasteiger charge is -2.52. The normalized spacial score (nSPS) is 21.3. The summed E-state index contributed by atoms with van der Waals surface area (Å²) in [6.45, 7) is 5.75. The minimum atomic E-state index is -5.19. The van der Waals surface area contributed by atoms with Crippen molar-refractivity contribution in [3.8, 4) is 0 Å². The highest BCUT2D eigenvalue weighted by Gasteiger charge is 2.50. The summed E-state index contributed by atoms with van der Waals surface area (Å²) in [6, 6.07) is 18.0. The van der Waals surface area contributed by atoms with Crippen molar-refractivity contribution in [3.63, 3.8) is 0 Å². The first-order chi connectivity index (χ1) is 20.4. The molecule has 0 spiro atoms. The first-order valence-electron chi connectivity index (χ1n) is 13.6. The Balaban J connectivity index is 0.000000541. The van der Waals surface area contributed by atoms with Gasteiger partial charge in [0.2, 0.25) is 5.60 Å². The zero-order valence-corrected chi connectivity index (χ0v) is 24.1. The van der Waals surface area contributed by atoms with Crippen LogP contribution in [-0.4, -0.2) is 82.0 Å². The Morgan fingerprint density at radius 2 is 1.58 bits per heavy atom. The number of piperidine rings is 3. The molecule has 1 aromatic heterocycles. The lowest BCUT2D eigenvalue weighted by molar-refractivity contribution is -0.945. The van der Waals surface area contributed by atoms with Crippen LogP contribution in [0.25, 0.3) is 0 Å². The van der Waals surface area contributed by atoms with Crippen molar-refractivity contribution in [3.05, 3.63) is 82.4 Å². The van der Waals surface area contributed by atoms with E-state index in [1.165, 1.54) is 0 Å². The molecule has 14 heteroatoms. The summed E-state index contributed by atoms with van der Waals surface area (Å²) in [5.74, 6) is -3.51. The van der Waals surface area contributed by atoms with Crippen molar-refractivity contribution >= 4 is 29.4 Å². The number of esters is 1. The molecule has 1 atom stereocenters. The molecule has 3 aromatic rings. The van der Waals surface area contributed by atoms with Crippen LogP contribution in [0.5, 0.6) is 0 Å². The largest absolute Gasteiger partial charge is 0.542 e. The predicted molar refractivity (Wildman–Crippen MR) is 146 cm³/mol. The van der Waals surface area contributed by atoms with Crippen molar-refractivity contribution in [2.24, 2.45) is 5.92 Å². The molecule has 6 rings (SSSR count). The molecule has 3 aliphatic heterocycles. The fraction of sp³-hybridized carbons (Fsp3) is 0.414. The summed E-state index contributed by atoms with van der Waals surface area (Å²) in [6.07, 6.45) is -3.56. The van der Waals surface area contributed by atoms with Gasteiger partial charge in [-0.25, -0.2) is 4.79 Å². The van der Waals surface area contributed by atoms with Crippen LogP contribution in [0, 0.1) is 12.8 Å². The Labute approximate surface area is 249 Å². The SMILES string of the molecule is Cc1nnsc1C(=O)NCC[N+]12CCC(CC1)[C@@H](OC(=O)C(O)(c1ccccc1)c1ccccc1)C2.O=C([O-])C(F)(F)F. The molecule has 1 amide bonds. The van der Waals surface area contributed by atoms with E-state index < -0.39 is 23.7 Å². The Kier molecular flexibility index (Phi) is 9.82. The second-order valence-corrected chi connectivity index (χ2v) is 11.4. The van der Waals surface area contributed by atoms with Gasteiger partial charge in [-0.05, 0) is 29.6 Å².